The number of carbonyl (C=O) groups excluding carboxylic acids is 1. The van der Waals surface area contributed by atoms with Crippen LogP contribution in [-0.4, -0.2) is 80.2 Å². The van der Waals surface area contributed by atoms with Gasteiger partial charge in [0.15, 0.2) is 5.96 Å². The first kappa shape index (κ1) is 23.5. The molecule has 7 heteroatoms. The molecule has 31 heavy (non-hydrogen) atoms. The summed E-state index contributed by atoms with van der Waals surface area (Å²) in [6, 6.07) is 8.81. The number of nitrogens with one attached hydrogen (secondary N) is 2. The van der Waals surface area contributed by atoms with Gasteiger partial charge in [0, 0.05) is 45.3 Å². The molecule has 0 spiro atoms. The number of hydrogen-bond donors (Lipinski definition) is 2. The van der Waals surface area contributed by atoms with E-state index in [1.807, 2.05) is 17.9 Å². The summed E-state index contributed by atoms with van der Waals surface area (Å²) in [5, 5.41) is 6.78. The first-order valence-electron chi connectivity index (χ1n) is 11.7. The van der Waals surface area contributed by atoms with Gasteiger partial charge in [-0.05, 0) is 36.8 Å². The first-order chi connectivity index (χ1) is 15.1. The van der Waals surface area contributed by atoms with Gasteiger partial charge in [0.2, 0.25) is 5.91 Å². The van der Waals surface area contributed by atoms with Gasteiger partial charge in [-0.1, -0.05) is 38.1 Å². The van der Waals surface area contributed by atoms with E-state index in [4.69, 9.17) is 4.74 Å². The Kier molecular flexibility index (Phi) is 9.15. The fourth-order valence-corrected chi connectivity index (χ4v) is 4.36. The molecule has 0 aliphatic carbocycles. The molecule has 2 aliphatic rings. The lowest BCUT2D eigenvalue weighted by Crippen LogP contribution is -2.51. The standard InChI is InChI=1S/C24H39N5O2/c1-4-25-24(26-16-22(15-19(2)3)28-11-13-31-14-12-28)27-17-23(30)29-10-9-20-7-5-6-8-21(20)18-29/h5-8,19,22H,4,9-18H2,1-3H3,(H2,25,26,27). The SMILES string of the molecule is CCNC(=NCC(=O)N1CCc2ccccc2C1)NCC(CC(C)C)N1CCOCC1. The Morgan fingerprint density at radius 3 is 2.58 bits per heavy atom. The highest BCUT2D eigenvalue weighted by molar-refractivity contribution is 5.85. The minimum atomic E-state index is 0.0821. The highest BCUT2D eigenvalue weighted by atomic mass is 16.5. The zero-order valence-electron chi connectivity index (χ0n) is 19.4. The Labute approximate surface area is 187 Å². The van der Waals surface area contributed by atoms with Crippen LogP contribution in [0.5, 0.6) is 0 Å². The number of morpholine rings is 1. The fraction of sp³-hybridized carbons (Fsp3) is 0.667. The van der Waals surface area contributed by atoms with E-state index in [0.717, 1.165) is 64.7 Å². The maximum Gasteiger partial charge on any atom is 0.244 e. The van der Waals surface area contributed by atoms with Crippen molar-refractivity contribution in [2.24, 2.45) is 10.9 Å². The van der Waals surface area contributed by atoms with Crippen molar-refractivity contribution in [1.82, 2.24) is 20.4 Å². The number of ether oxygens (including phenoxy) is 1. The lowest BCUT2D eigenvalue weighted by molar-refractivity contribution is -0.130. The predicted molar refractivity (Wildman–Crippen MR) is 125 cm³/mol. The minimum absolute atomic E-state index is 0.0821. The number of rotatable bonds is 8. The van der Waals surface area contributed by atoms with Crippen molar-refractivity contribution in [3.05, 3.63) is 35.4 Å². The maximum absolute atomic E-state index is 12.8. The normalized spacial score (nSPS) is 18.6. The van der Waals surface area contributed by atoms with Crippen molar-refractivity contribution in [3.63, 3.8) is 0 Å². The van der Waals surface area contributed by atoms with Gasteiger partial charge in [0.25, 0.3) is 0 Å². The van der Waals surface area contributed by atoms with Crippen LogP contribution in [0.2, 0.25) is 0 Å². The largest absolute Gasteiger partial charge is 0.379 e. The molecule has 1 fully saturated rings. The van der Waals surface area contributed by atoms with Gasteiger partial charge < -0.3 is 20.3 Å². The molecule has 1 saturated heterocycles. The summed E-state index contributed by atoms with van der Waals surface area (Å²) in [6.45, 7) is 13.3. The van der Waals surface area contributed by atoms with Crippen LogP contribution < -0.4 is 10.6 Å². The van der Waals surface area contributed by atoms with Gasteiger partial charge in [0.05, 0.1) is 13.2 Å². The van der Waals surface area contributed by atoms with Crippen molar-refractivity contribution in [3.8, 4) is 0 Å². The van der Waals surface area contributed by atoms with Crippen molar-refractivity contribution in [2.45, 2.75) is 46.2 Å². The molecule has 172 valence electrons. The Morgan fingerprint density at radius 2 is 1.87 bits per heavy atom. The van der Waals surface area contributed by atoms with Crippen LogP contribution >= 0.6 is 0 Å². The Morgan fingerprint density at radius 1 is 1.13 bits per heavy atom. The van der Waals surface area contributed by atoms with Gasteiger partial charge in [-0.2, -0.15) is 0 Å². The van der Waals surface area contributed by atoms with Gasteiger partial charge >= 0.3 is 0 Å². The van der Waals surface area contributed by atoms with Crippen molar-refractivity contribution in [2.75, 3.05) is 52.5 Å². The second kappa shape index (κ2) is 12.1. The summed E-state index contributed by atoms with van der Waals surface area (Å²) < 4.78 is 5.52. The first-order valence-corrected chi connectivity index (χ1v) is 11.7. The molecule has 2 heterocycles. The number of fused-ring (bicyclic) bond motifs is 1. The molecule has 1 aromatic rings. The molecular formula is C24H39N5O2. The average Bonchev–Trinajstić information content (AvgIpc) is 2.79. The summed E-state index contributed by atoms with van der Waals surface area (Å²) in [6.07, 6.45) is 2.04. The summed E-state index contributed by atoms with van der Waals surface area (Å²) in [5.41, 5.74) is 2.60. The topological polar surface area (TPSA) is 69.2 Å². The van der Waals surface area contributed by atoms with Gasteiger partial charge in [-0.3, -0.25) is 9.69 Å². The van der Waals surface area contributed by atoms with E-state index in [0.29, 0.717) is 18.5 Å². The van der Waals surface area contributed by atoms with E-state index in [9.17, 15) is 4.79 Å². The van der Waals surface area contributed by atoms with Crippen LogP contribution in [0.25, 0.3) is 0 Å². The summed E-state index contributed by atoms with van der Waals surface area (Å²) in [4.78, 5) is 21.8. The van der Waals surface area contributed by atoms with Crippen molar-refractivity contribution >= 4 is 11.9 Å². The average molecular weight is 430 g/mol. The third-order valence-electron chi connectivity index (χ3n) is 6.01. The summed E-state index contributed by atoms with van der Waals surface area (Å²) in [7, 11) is 0. The van der Waals surface area contributed by atoms with E-state index in [1.165, 1.54) is 11.1 Å². The van der Waals surface area contributed by atoms with Crippen LogP contribution in [-0.2, 0) is 22.5 Å². The molecule has 1 amide bonds. The van der Waals surface area contributed by atoms with Crippen LogP contribution in [0.1, 0.15) is 38.3 Å². The Hall–Kier alpha value is -2.12. The summed E-state index contributed by atoms with van der Waals surface area (Å²) in [5.74, 6) is 1.42. The minimum Gasteiger partial charge on any atom is -0.379 e. The molecule has 2 N–H and O–H groups in total. The third kappa shape index (κ3) is 7.21. The predicted octanol–water partition coefficient (Wildman–Crippen LogP) is 1.87. The van der Waals surface area contributed by atoms with Gasteiger partial charge in [-0.25, -0.2) is 4.99 Å². The van der Waals surface area contributed by atoms with Crippen molar-refractivity contribution in [1.29, 1.82) is 0 Å². The van der Waals surface area contributed by atoms with Crippen LogP contribution in [0, 0.1) is 5.92 Å². The molecule has 1 aromatic carbocycles. The lowest BCUT2D eigenvalue weighted by Gasteiger charge is -2.35. The van der Waals surface area contributed by atoms with Gasteiger partial charge in [-0.15, -0.1) is 0 Å². The van der Waals surface area contributed by atoms with Gasteiger partial charge in [0.1, 0.15) is 6.54 Å². The number of aliphatic imine (C=N–C) groups is 1. The van der Waals surface area contributed by atoms with Crippen molar-refractivity contribution < 1.29 is 9.53 Å². The molecule has 0 bridgehead atoms. The zero-order valence-corrected chi connectivity index (χ0v) is 19.4. The lowest BCUT2D eigenvalue weighted by atomic mass is 10.00. The number of carbonyl (C=O) groups is 1. The van der Waals surface area contributed by atoms with Crippen LogP contribution in [0.3, 0.4) is 0 Å². The second-order valence-corrected chi connectivity index (χ2v) is 8.84. The van der Waals surface area contributed by atoms with Crippen LogP contribution in [0.4, 0.5) is 0 Å². The number of amides is 1. The maximum atomic E-state index is 12.8. The Balaban J connectivity index is 1.55. The molecule has 0 radical (unpaired) electrons. The number of hydrogen-bond acceptors (Lipinski definition) is 4. The molecule has 3 rings (SSSR count). The zero-order chi connectivity index (χ0) is 22.1. The fourth-order valence-electron chi connectivity index (χ4n) is 4.36. The monoisotopic (exact) mass is 429 g/mol. The number of benzene rings is 1. The van der Waals surface area contributed by atoms with E-state index in [2.05, 4.69) is 52.6 Å². The number of nitrogens with zero attached hydrogens (tertiary/aromatic N) is 3. The quantitative estimate of drug-likeness (QED) is 0.488. The highest BCUT2D eigenvalue weighted by Crippen LogP contribution is 2.18. The smallest absolute Gasteiger partial charge is 0.244 e. The highest BCUT2D eigenvalue weighted by Gasteiger charge is 2.23. The van der Waals surface area contributed by atoms with E-state index in [-0.39, 0.29) is 12.5 Å². The third-order valence-corrected chi connectivity index (χ3v) is 6.01. The molecule has 1 atom stereocenters. The van der Waals surface area contributed by atoms with Crippen LogP contribution in [0.15, 0.2) is 29.3 Å². The molecule has 2 aliphatic heterocycles. The second-order valence-electron chi connectivity index (χ2n) is 8.84. The van der Waals surface area contributed by atoms with E-state index >= 15 is 0 Å². The Bertz CT molecular complexity index is 730. The molecular weight excluding hydrogens is 390 g/mol. The molecule has 0 aromatic heterocycles. The number of guanidine groups is 1. The molecule has 7 nitrogen and oxygen atoms in total. The van der Waals surface area contributed by atoms with E-state index in [1.54, 1.807) is 0 Å². The summed E-state index contributed by atoms with van der Waals surface area (Å²) >= 11 is 0. The molecule has 0 saturated carbocycles. The molecule has 1 unspecified atom stereocenters. The van der Waals surface area contributed by atoms with E-state index < -0.39 is 0 Å².